The number of fused-ring (bicyclic) bond motifs is 1. The number of nitrogens with one attached hydrogen (secondary N) is 2. The van der Waals surface area contributed by atoms with Crippen LogP contribution in [0, 0.1) is 0 Å². The number of anilines is 2. The summed E-state index contributed by atoms with van der Waals surface area (Å²) in [6.45, 7) is 0. The zero-order valence-corrected chi connectivity index (χ0v) is 12.7. The fourth-order valence-electron chi connectivity index (χ4n) is 2.71. The Bertz CT molecular complexity index is 740. The van der Waals surface area contributed by atoms with Crippen molar-refractivity contribution in [1.82, 2.24) is 9.97 Å². The van der Waals surface area contributed by atoms with Crippen molar-refractivity contribution in [2.24, 2.45) is 0 Å². The lowest BCUT2D eigenvalue weighted by atomic mass is 9.97. The summed E-state index contributed by atoms with van der Waals surface area (Å²) in [5.74, 6) is 1.73. The van der Waals surface area contributed by atoms with Crippen LogP contribution in [0.25, 0.3) is 0 Å². The molecule has 1 aromatic heterocycles. The molecule has 2 N–H and O–H groups in total. The Balaban J connectivity index is 1.90. The standard InChI is InChI=1S/C16H19N3O3/c1-21-13-8-7-10(9-14(13)22-2)17-16-18-12-6-4-3-5-11(12)15(20)19-16/h7-9H,3-6H2,1-2H3,(H2,17,18,19,20). The molecule has 0 aliphatic heterocycles. The summed E-state index contributed by atoms with van der Waals surface area (Å²) in [6, 6.07) is 5.46. The molecule has 1 aliphatic carbocycles. The largest absolute Gasteiger partial charge is 0.493 e. The van der Waals surface area contributed by atoms with Gasteiger partial charge in [-0.2, -0.15) is 0 Å². The molecule has 1 aliphatic rings. The number of benzene rings is 1. The Morgan fingerprint density at radius 1 is 1.14 bits per heavy atom. The number of nitrogens with zero attached hydrogens (tertiary/aromatic N) is 1. The molecular formula is C16H19N3O3. The van der Waals surface area contributed by atoms with Crippen LogP contribution in [0.1, 0.15) is 24.1 Å². The minimum Gasteiger partial charge on any atom is -0.493 e. The van der Waals surface area contributed by atoms with Gasteiger partial charge in [-0.3, -0.25) is 9.78 Å². The number of aryl methyl sites for hydroxylation is 1. The minimum absolute atomic E-state index is 0.0484. The van der Waals surface area contributed by atoms with E-state index in [-0.39, 0.29) is 5.56 Å². The second kappa shape index (κ2) is 6.09. The average Bonchev–Trinajstić information content (AvgIpc) is 2.55. The summed E-state index contributed by atoms with van der Waals surface area (Å²) in [7, 11) is 3.17. The molecule has 116 valence electrons. The Morgan fingerprint density at radius 3 is 2.68 bits per heavy atom. The van der Waals surface area contributed by atoms with E-state index in [0.29, 0.717) is 17.4 Å². The van der Waals surface area contributed by atoms with E-state index in [1.54, 1.807) is 26.4 Å². The van der Waals surface area contributed by atoms with Crippen molar-refractivity contribution in [3.63, 3.8) is 0 Å². The highest BCUT2D eigenvalue weighted by molar-refractivity contribution is 5.59. The fourth-order valence-corrected chi connectivity index (χ4v) is 2.71. The maximum atomic E-state index is 12.1. The first kappa shape index (κ1) is 14.4. The minimum atomic E-state index is -0.0484. The molecule has 1 heterocycles. The molecule has 22 heavy (non-hydrogen) atoms. The van der Waals surface area contributed by atoms with E-state index < -0.39 is 0 Å². The molecule has 3 rings (SSSR count). The van der Waals surface area contributed by atoms with Crippen LogP contribution in [0.3, 0.4) is 0 Å². The monoisotopic (exact) mass is 301 g/mol. The van der Waals surface area contributed by atoms with Gasteiger partial charge in [0.05, 0.1) is 19.9 Å². The molecule has 0 unspecified atom stereocenters. The van der Waals surface area contributed by atoms with E-state index in [9.17, 15) is 4.79 Å². The lowest BCUT2D eigenvalue weighted by molar-refractivity contribution is 0.355. The molecule has 1 aromatic carbocycles. The van der Waals surface area contributed by atoms with Gasteiger partial charge >= 0.3 is 0 Å². The van der Waals surface area contributed by atoms with Gasteiger partial charge in [0.1, 0.15) is 0 Å². The van der Waals surface area contributed by atoms with Crippen LogP contribution >= 0.6 is 0 Å². The van der Waals surface area contributed by atoms with Crippen LogP contribution in [0.4, 0.5) is 11.6 Å². The molecule has 0 saturated heterocycles. The molecule has 2 aromatic rings. The van der Waals surface area contributed by atoms with Crippen molar-refractivity contribution in [2.45, 2.75) is 25.7 Å². The Morgan fingerprint density at radius 2 is 1.91 bits per heavy atom. The highest BCUT2D eigenvalue weighted by atomic mass is 16.5. The Hall–Kier alpha value is -2.50. The Labute approximate surface area is 128 Å². The predicted octanol–water partition coefficient (Wildman–Crippen LogP) is 2.41. The van der Waals surface area contributed by atoms with Crippen LogP contribution in [0.5, 0.6) is 11.5 Å². The number of H-pyrrole nitrogens is 1. The summed E-state index contributed by atoms with van der Waals surface area (Å²) in [5.41, 5.74) is 2.45. The summed E-state index contributed by atoms with van der Waals surface area (Å²) in [5, 5.41) is 3.12. The quantitative estimate of drug-likeness (QED) is 0.907. The van der Waals surface area contributed by atoms with E-state index >= 15 is 0 Å². The lowest BCUT2D eigenvalue weighted by Gasteiger charge is -2.15. The number of ether oxygens (including phenoxy) is 2. The first-order valence-electron chi connectivity index (χ1n) is 7.32. The second-order valence-electron chi connectivity index (χ2n) is 5.24. The van der Waals surface area contributed by atoms with Crippen LogP contribution in [-0.2, 0) is 12.8 Å². The van der Waals surface area contributed by atoms with Gasteiger partial charge in [-0.05, 0) is 37.8 Å². The van der Waals surface area contributed by atoms with Crippen molar-refractivity contribution in [3.05, 3.63) is 39.8 Å². The van der Waals surface area contributed by atoms with Gasteiger partial charge < -0.3 is 14.8 Å². The molecule has 0 saturated carbocycles. The maximum absolute atomic E-state index is 12.1. The maximum Gasteiger partial charge on any atom is 0.255 e. The van der Waals surface area contributed by atoms with Gasteiger partial charge in [0, 0.05) is 17.3 Å². The number of aromatic nitrogens is 2. The van der Waals surface area contributed by atoms with Crippen molar-refractivity contribution >= 4 is 11.6 Å². The molecule has 6 nitrogen and oxygen atoms in total. The third-order valence-corrected chi connectivity index (χ3v) is 3.84. The van der Waals surface area contributed by atoms with E-state index in [2.05, 4.69) is 15.3 Å². The molecule has 0 amide bonds. The normalized spacial score (nSPS) is 13.4. The van der Waals surface area contributed by atoms with Gasteiger partial charge in [0.25, 0.3) is 5.56 Å². The first-order valence-corrected chi connectivity index (χ1v) is 7.32. The van der Waals surface area contributed by atoms with Crippen LogP contribution in [0.15, 0.2) is 23.0 Å². The molecule has 0 bridgehead atoms. The Kier molecular flexibility index (Phi) is 4.00. The number of hydrogen-bond acceptors (Lipinski definition) is 5. The van der Waals surface area contributed by atoms with Crippen molar-refractivity contribution in [3.8, 4) is 11.5 Å². The molecule has 6 heteroatoms. The molecule has 0 radical (unpaired) electrons. The molecule has 0 fully saturated rings. The van der Waals surface area contributed by atoms with E-state index in [1.807, 2.05) is 6.07 Å². The van der Waals surface area contributed by atoms with Gasteiger partial charge in [0.15, 0.2) is 11.5 Å². The summed E-state index contributed by atoms with van der Waals surface area (Å²) in [4.78, 5) is 19.4. The third-order valence-electron chi connectivity index (χ3n) is 3.84. The van der Waals surface area contributed by atoms with Crippen molar-refractivity contribution in [2.75, 3.05) is 19.5 Å². The summed E-state index contributed by atoms with van der Waals surface area (Å²) >= 11 is 0. The first-order chi connectivity index (χ1) is 10.7. The average molecular weight is 301 g/mol. The van der Waals surface area contributed by atoms with Gasteiger partial charge in [-0.25, -0.2) is 4.98 Å². The second-order valence-corrected chi connectivity index (χ2v) is 5.24. The SMILES string of the molecule is COc1ccc(Nc2nc3c(c(=O)[nH]2)CCCC3)cc1OC. The highest BCUT2D eigenvalue weighted by Crippen LogP contribution is 2.30. The van der Waals surface area contributed by atoms with E-state index in [1.165, 1.54) is 0 Å². The van der Waals surface area contributed by atoms with Crippen molar-refractivity contribution < 1.29 is 9.47 Å². The number of rotatable bonds is 4. The number of methoxy groups -OCH3 is 2. The van der Waals surface area contributed by atoms with E-state index in [0.717, 1.165) is 42.6 Å². The number of aromatic amines is 1. The zero-order valence-electron chi connectivity index (χ0n) is 12.7. The van der Waals surface area contributed by atoms with Gasteiger partial charge in [-0.15, -0.1) is 0 Å². The molecule has 0 atom stereocenters. The molecular weight excluding hydrogens is 282 g/mol. The van der Waals surface area contributed by atoms with Crippen molar-refractivity contribution in [1.29, 1.82) is 0 Å². The van der Waals surface area contributed by atoms with E-state index in [4.69, 9.17) is 9.47 Å². The predicted molar refractivity (Wildman–Crippen MR) is 84.3 cm³/mol. The third kappa shape index (κ3) is 2.77. The number of hydrogen-bond donors (Lipinski definition) is 2. The van der Waals surface area contributed by atoms with Gasteiger partial charge in [0.2, 0.25) is 5.95 Å². The topological polar surface area (TPSA) is 76.2 Å². The van der Waals surface area contributed by atoms with Crippen LogP contribution in [0.2, 0.25) is 0 Å². The fraction of sp³-hybridized carbons (Fsp3) is 0.375. The highest BCUT2D eigenvalue weighted by Gasteiger charge is 2.15. The van der Waals surface area contributed by atoms with Crippen LogP contribution < -0.4 is 20.3 Å². The van der Waals surface area contributed by atoms with Crippen LogP contribution in [-0.4, -0.2) is 24.2 Å². The smallest absolute Gasteiger partial charge is 0.255 e. The summed E-state index contributed by atoms with van der Waals surface area (Å²) < 4.78 is 10.5. The lowest BCUT2D eigenvalue weighted by Crippen LogP contribution is -2.22. The molecule has 0 spiro atoms. The zero-order chi connectivity index (χ0) is 15.5. The van der Waals surface area contributed by atoms with Gasteiger partial charge in [-0.1, -0.05) is 0 Å². The summed E-state index contributed by atoms with van der Waals surface area (Å²) in [6.07, 6.45) is 3.81.